The average Bonchev–Trinajstić information content (AvgIpc) is 2.39. The fraction of sp³-hybridized carbons (Fsp3) is 0.917. The Balaban J connectivity index is 1.93. The SMILES string of the molecule is CCC1SCCSC1C(=N)N1CCN(C)CC1. The van der Waals surface area contributed by atoms with Gasteiger partial charge in [0.2, 0.25) is 0 Å². The topological polar surface area (TPSA) is 30.3 Å². The molecule has 2 heterocycles. The summed E-state index contributed by atoms with van der Waals surface area (Å²) in [5.41, 5.74) is 0. The van der Waals surface area contributed by atoms with Crippen LogP contribution in [0.2, 0.25) is 0 Å². The van der Waals surface area contributed by atoms with Crippen LogP contribution in [0.3, 0.4) is 0 Å². The molecule has 5 heteroatoms. The Morgan fingerprint density at radius 3 is 2.47 bits per heavy atom. The molecule has 3 nitrogen and oxygen atoms in total. The van der Waals surface area contributed by atoms with Crippen LogP contribution in [-0.2, 0) is 0 Å². The Labute approximate surface area is 113 Å². The fourth-order valence-corrected chi connectivity index (χ4v) is 5.43. The minimum absolute atomic E-state index is 0.433. The molecule has 98 valence electrons. The molecule has 0 aromatic carbocycles. The Kier molecular flexibility index (Phi) is 5.06. The third-order valence-corrected chi connectivity index (χ3v) is 6.82. The highest BCUT2D eigenvalue weighted by Gasteiger charge is 2.32. The first kappa shape index (κ1) is 13.6. The zero-order valence-corrected chi connectivity index (χ0v) is 12.4. The second kappa shape index (κ2) is 6.34. The van der Waals surface area contributed by atoms with Gasteiger partial charge < -0.3 is 9.80 Å². The third kappa shape index (κ3) is 3.32. The van der Waals surface area contributed by atoms with E-state index in [0.717, 1.165) is 32.0 Å². The molecule has 0 aromatic heterocycles. The van der Waals surface area contributed by atoms with Crippen LogP contribution in [0.1, 0.15) is 13.3 Å². The van der Waals surface area contributed by atoms with Gasteiger partial charge in [0.25, 0.3) is 0 Å². The van der Waals surface area contributed by atoms with E-state index in [0.29, 0.717) is 10.5 Å². The van der Waals surface area contributed by atoms with Crippen LogP contribution in [0.15, 0.2) is 0 Å². The van der Waals surface area contributed by atoms with Crippen molar-refractivity contribution in [2.75, 3.05) is 44.7 Å². The lowest BCUT2D eigenvalue weighted by atomic mass is 10.2. The lowest BCUT2D eigenvalue weighted by Gasteiger charge is -2.39. The van der Waals surface area contributed by atoms with Crippen molar-refractivity contribution in [1.82, 2.24) is 9.80 Å². The molecule has 0 saturated carbocycles. The van der Waals surface area contributed by atoms with Crippen molar-refractivity contribution in [2.24, 2.45) is 0 Å². The summed E-state index contributed by atoms with van der Waals surface area (Å²) in [5.74, 6) is 3.36. The second-order valence-corrected chi connectivity index (χ2v) is 7.38. The van der Waals surface area contributed by atoms with Gasteiger partial charge in [-0.25, -0.2) is 0 Å². The molecule has 2 atom stereocenters. The van der Waals surface area contributed by atoms with E-state index in [1.54, 1.807) is 0 Å². The van der Waals surface area contributed by atoms with Crippen LogP contribution in [0.4, 0.5) is 0 Å². The number of amidine groups is 1. The van der Waals surface area contributed by atoms with Gasteiger partial charge in [0.05, 0.1) is 5.25 Å². The van der Waals surface area contributed by atoms with E-state index in [2.05, 4.69) is 35.5 Å². The summed E-state index contributed by atoms with van der Waals surface area (Å²) in [7, 11) is 2.17. The molecular formula is C12H23N3S2. The zero-order valence-electron chi connectivity index (χ0n) is 10.8. The highest BCUT2D eigenvalue weighted by molar-refractivity contribution is 8.07. The Morgan fingerprint density at radius 1 is 1.18 bits per heavy atom. The lowest BCUT2D eigenvalue weighted by molar-refractivity contribution is 0.212. The number of thioether (sulfide) groups is 2. The van der Waals surface area contributed by atoms with Crippen molar-refractivity contribution in [2.45, 2.75) is 23.8 Å². The minimum Gasteiger partial charge on any atom is -0.357 e. The molecule has 2 fully saturated rings. The van der Waals surface area contributed by atoms with E-state index in [9.17, 15) is 0 Å². The van der Waals surface area contributed by atoms with Crippen molar-refractivity contribution in [3.05, 3.63) is 0 Å². The van der Waals surface area contributed by atoms with Crippen LogP contribution in [0.25, 0.3) is 0 Å². The number of hydrogen-bond acceptors (Lipinski definition) is 4. The van der Waals surface area contributed by atoms with Crippen molar-refractivity contribution in [1.29, 1.82) is 5.41 Å². The number of nitrogens with one attached hydrogen (secondary N) is 1. The maximum absolute atomic E-state index is 8.45. The Hall–Kier alpha value is 0.130. The number of rotatable bonds is 2. The molecule has 0 radical (unpaired) electrons. The first-order valence-electron chi connectivity index (χ1n) is 6.47. The number of nitrogens with zero attached hydrogens (tertiary/aromatic N) is 2. The molecule has 0 aliphatic carbocycles. The minimum atomic E-state index is 0.433. The zero-order chi connectivity index (χ0) is 12.3. The van der Waals surface area contributed by atoms with Crippen LogP contribution < -0.4 is 0 Å². The number of hydrogen-bond donors (Lipinski definition) is 1. The van der Waals surface area contributed by atoms with Crippen LogP contribution in [0, 0.1) is 5.41 Å². The molecule has 1 N–H and O–H groups in total. The van der Waals surface area contributed by atoms with Gasteiger partial charge in [-0.3, -0.25) is 5.41 Å². The molecular weight excluding hydrogens is 250 g/mol. The standard InChI is InChI=1S/C12H23N3S2/c1-3-10-11(17-9-8-16-10)12(13)15-6-4-14(2)5-7-15/h10-11,13H,3-9H2,1-2H3. The largest absolute Gasteiger partial charge is 0.357 e. The Bertz CT molecular complexity index is 264. The van der Waals surface area contributed by atoms with E-state index in [4.69, 9.17) is 5.41 Å². The molecule has 0 bridgehead atoms. The van der Waals surface area contributed by atoms with Gasteiger partial charge in [0, 0.05) is 42.9 Å². The van der Waals surface area contributed by atoms with Crippen molar-refractivity contribution >= 4 is 29.4 Å². The molecule has 17 heavy (non-hydrogen) atoms. The van der Waals surface area contributed by atoms with Gasteiger partial charge in [0.15, 0.2) is 0 Å². The lowest BCUT2D eigenvalue weighted by Crippen LogP contribution is -2.51. The highest BCUT2D eigenvalue weighted by atomic mass is 32.2. The smallest absolute Gasteiger partial charge is 0.110 e. The van der Waals surface area contributed by atoms with E-state index in [-0.39, 0.29) is 0 Å². The van der Waals surface area contributed by atoms with Crippen LogP contribution >= 0.6 is 23.5 Å². The molecule has 2 aliphatic heterocycles. The molecule has 2 rings (SSSR count). The fourth-order valence-electron chi connectivity index (χ4n) is 2.38. The van der Waals surface area contributed by atoms with E-state index < -0.39 is 0 Å². The summed E-state index contributed by atoms with van der Waals surface area (Å²) in [4.78, 5) is 4.65. The van der Waals surface area contributed by atoms with E-state index in [1.165, 1.54) is 17.9 Å². The Morgan fingerprint density at radius 2 is 1.82 bits per heavy atom. The summed E-state index contributed by atoms with van der Waals surface area (Å²) < 4.78 is 0. The molecule has 2 unspecified atom stereocenters. The van der Waals surface area contributed by atoms with Crippen LogP contribution in [-0.4, -0.2) is 70.9 Å². The molecule has 0 spiro atoms. The monoisotopic (exact) mass is 273 g/mol. The third-order valence-electron chi connectivity index (χ3n) is 3.57. The van der Waals surface area contributed by atoms with Gasteiger partial charge in [0.1, 0.15) is 5.84 Å². The predicted octanol–water partition coefficient (Wildman–Crippen LogP) is 1.84. The number of piperazine rings is 1. The molecule has 2 saturated heterocycles. The van der Waals surface area contributed by atoms with Crippen molar-refractivity contribution < 1.29 is 0 Å². The van der Waals surface area contributed by atoms with Crippen LogP contribution in [0.5, 0.6) is 0 Å². The summed E-state index contributed by atoms with van der Waals surface area (Å²) in [6.45, 7) is 6.53. The van der Waals surface area contributed by atoms with Gasteiger partial charge in [-0.2, -0.15) is 11.8 Å². The van der Waals surface area contributed by atoms with Crippen molar-refractivity contribution in [3.8, 4) is 0 Å². The number of likely N-dealkylation sites (N-methyl/N-ethyl adjacent to an activating group) is 1. The summed E-state index contributed by atoms with van der Waals surface area (Å²) in [6, 6.07) is 0. The maximum atomic E-state index is 8.45. The van der Waals surface area contributed by atoms with E-state index >= 15 is 0 Å². The summed E-state index contributed by atoms with van der Waals surface area (Å²) in [6.07, 6.45) is 1.19. The highest BCUT2D eigenvalue weighted by Crippen LogP contribution is 2.34. The maximum Gasteiger partial charge on any atom is 0.110 e. The van der Waals surface area contributed by atoms with Gasteiger partial charge in [-0.05, 0) is 13.5 Å². The summed E-state index contributed by atoms with van der Waals surface area (Å²) in [5, 5.41) is 9.54. The second-order valence-electron chi connectivity index (χ2n) is 4.78. The molecule has 0 aromatic rings. The van der Waals surface area contributed by atoms with Gasteiger partial charge in [-0.1, -0.05) is 6.92 Å². The first-order chi connectivity index (χ1) is 8.22. The molecule has 0 amide bonds. The normalized spacial score (nSPS) is 31.5. The van der Waals surface area contributed by atoms with Gasteiger partial charge >= 0.3 is 0 Å². The summed E-state index contributed by atoms with van der Waals surface area (Å²) >= 11 is 4.06. The van der Waals surface area contributed by atoms with Gasteiger partial charge in [-0.15, -0.1) is 11.8 Å². The first-order valence-corrected chi connectivity index (χ1v) is 8.57. The average molecular weight is 273 g/mol. The van der Waals surface area contributed by atoms with Crippen molar-refractivity contribution in [3.63, 3.8) is 0 Å². The van der Waals surface area contributed by atoms with E-state index in [1.807, 2.05) is 11.8 Å². The molecule has 2 aliphatic rings. The predicted molar refractivity (Wildman–Crippen MR) is 79.6 cm³/mol. The quantitative estimate of drug-likeness (QED) is 0.614.